The predicted molar refractivity (Wildman–Crippen MR) is 74.1 cm³/mol. The zero-order valence-electron chi connectivity index (χ0n) is 10.8. The molecule has 0 aliphatic rings. The fourth-order valence-electron chi connectivity index (χ4n) is 1.69. The Morgan fingerprint density at radius 3 is 2.65 bits per heavy atom. The molecule has 108 valence electrons. The average molecular weight is 363 g/mol. The van der Waals surface area contributed by atoms with E-state index in [1.807, 2.05) is 0 Å². The second-order valence-corrected chi connectivity index (χ2v) is 6.79. The first-order chi connectivity index (χ1) is 9.31. The van der Waals surface area contributed by atoms with E-state index in [2.05, 4.69) is 25.8 Å². The quantitative estimate of drug-likeness (QED) is 0.907. The summed E-state index contributed by atoms with van der Waals surface area (Å²) in [4.78, 5) is -0.0225. The van der Waals surface area contributed by atoms with Crippen LogP contribution in [0.5, 0.6) is 0 Å². The lowest BCUT2D eigenvalue weighted by Crippen LogP contribution is -2.24. The second kappa shape index (κ2) is 5.63. The molecule has 2 rings (SSSR count). The third-order valence-corrected chi connectivity index (χ3v) is 5.18. The molecule has 0 aliphatic carbocycles. The lowest BCUT2D eigenvalue weighted by Gasteiger charge is -2.08. The Bertz CT molecular complexity index is 724. The first-order valence-electron chi connectivity index (χ1n) is 5.67. The topological polar surface area (TPSA) is 72.2 Å². The smallest absolute Gasteiger partial charge is 0.241 e. The summed E-state index contributed by atoms with van der Waals surface area (Å²) in [6, 6.07) is 3.40. The van der Waals surface area contributed by atoms with Gasteiger partial charge in [-0.3, -0.25) is 0 Å². The maximum absolute atomic E-state index is 13.0. The summed E-state index contributed by atoms with van der Waals surface area (Å²) in [5.74, 6) is 0.0462. The Balaban J connectivity index is 2.24. The molecule has 0 saturated carbocycles. The molecule has 1 heterocycles. The molecule has 0 atom stereocenters. The Morgan fingerprint density at radius 2 is 2.10 bits per heavy atom. The molecule has 1 aromatic carbocycles. The summed E-state index contributed by atoms with van der Waals surface area (Å²) in [6.45, 7) is 3.50. The Morgan fingerprint density at radius 1 is 1.40 bits per heavy atom. The molecule has 8 heteroatoms. The van der Waals surface area contributed by atoms with Crippen LogP contribution in [0.2, 0.25) is 0 Å². The van der Waals surface area contributed by atoms with Gasteiger partial charge in [0.25, 0.3) is 0 Å². The first kappa shape index (κ1) is 15.1. The van der Waals surface area contributed by atoms with Crippen LogP contribution in [0.4, 0.5) is 4.39 Å². The minimum absolute atomic E-state index is 0.0225. The number of rotatable bonds is 4. The highest BCUT2D eigenvalue weighted by Crippen LogP contribution is 2.23. The van der Waals surface area contributed by atoms with Crippen molar-refractivity contribution in [2.75, 3.05) is 0 Å². The molecule has 0 bridgehead atoms. The van der Waals surface area contributed by atoms with E-state index in [1.165, 1.54) is 6.07 Å². The van der Waals surface area contributed by atoms with Crippen LogP contribution in [0, 0.1) is 19.7 Å². The number of sulfonamides is 1. The molecule has 1 aromatic heterocycles. The van der Waals surface area contributed by atoms with Gasteiger partial charge in [0.2, 0.25) is 10.0 Å². The summed E-state index contributed by atoms with van der Waals surface area (Å²) in [5, 5.41) is 3.75. The van der Waals surface area contributed by atoms with Crippen molar-refractivity contribution in [3.63, 3.8) is 0 Å². The predicted octanol–water partition coefficient (Wildman–Crippen LogP) is 2.67. The van der Waals surface area contributed by atoms with Gasteiger partial charge in [-0.25, -0.2) is 17.5 Å². The molecule has 0 fully saturated rings. The molecule has 2 aromatic rings. The zero-order chi connectivity index (χ0) is 14.9. The van der Waals surface area contributed by atoms with Gasteiger partial charge in [-0.2, -0.15) is 0 Å². The number of nitrogens with one attached hydrogen (secondary N) is 1. The van der Waals surface area contributed by atoms with E-state index >= 15 is 0 Å². The minimum Gasteiger partial charge on any atom is -0.361 e. The van der Waals surface area contributed by atoms with E-state index in [0.717, 1.165) is 12.1 Å². The molecule has 1 N–H and O–H groups in total. The van der Waals surface area contributed by atoms with Gasteiger partial charge in [0, 0.05) is 16.6 Å². The molecule has 20 heavy (non-hydrogen) atoms. The monoisotopic (exact) mass is 362 g/mol. The lowest BCUT2D eigenvalue weighted by molar-refractivity contribution is 0.392. The molecule has 0 spiro atoms. The number of hydrogen-bond acceptors (Lipinski definition) is 4. The van der Waals surface area contributed by atoms with Crippen LogP contribution in [-0.4, -0.2) is 13.6 Å². The molecular formula is C12H12BrFN2O3S. The van der Waals surface area contributed by atoms with E-state index in [9.17, 15) is 12.8 Å². The fraction of sp³-hybridized carbons (Fsp3) is 0.250. The van der Waals surface area contributed by atoms with Gasteiger partial charge in [0.1, 0.15) is 11.6 Å². The van der Waals surface area contributed by atoms with E-state index in [4.69, 9.17) is 4.52 Å². The van der Waals surface area contributed by atoms with E-state index in [1.54, 1.807) is 13.8 Å². The Hall–Kier alpha value is -1.25. The Kier molecular flexibility index (Phi) is 4.26. The van der Waals surface area contributed by atoms with Gasteiger partial charge < -0.3 is 4.52 Å². The van der Waals surface area contributed by atoms with Crippen LogP contribution in [-0.2, 0) is 16.6 Å². The Labute approximate surface area is 124 Å². The second-order valence-electron chi connectivity index (χ2n) is 4.20. The van der Waals surface area contributed by atoms with Crippen molar-refractivity contribution in [2.45, 2.75) is 25.3 Å². The van der Waals surface area contributed by atoms with Crippen LogP contribution < -0.4 is 4.72 Å². The molecular weight excluding hydrogens is 351 g/mol. The molecule has 0 aliphatic heterocycles. The van der Waals surface area contributed by atoms with Crippen molar-refractivity contribution in [3.05, 3.63) is 45.5 Å². The highest BCUT2D eigenvalue weighted by molar-refractivity contribution is 9.10. The third kappa shape index (κ3) is 3.08. The minimum atomic E-state index is -3.75. The lowest BCUT2D eigenvalue weighted by atomic mass is 10.2. The highest BCUT2D eigenvalue weighted by Gasteiger charge is 2.19. The van der Waals surface area contributed by atoms with Gasteiger partial charge >= 0.3 is 0 Å². The van der Waals surface area contributed by atoms with E-state index < -0.39 is 15.8 Å². The van der Waals surface area contributed by atoms with Crippen LogP contribution in [0.3, 0.4) is 0 Å². The van der Waals surface area contributed by atoms with Gasteiger partial charge in [-0.15, -0.1) is 0 Å². The van der Waals surface area contributed by atoms with Crippen molar-refractivity contribution in [1.29, 1.82) is 0 Å². The zero-order valence-corrected chi connectivity index (χ0v) is 13.2. The van der Waals surface area contributed by atoms with Crippen molar-refractivity contribution in [1.82, 2.24) is 9.88 Å². The standard InChI is InChI=1S/C12H12BrFN2O3S/c1-7-10(8(2)19-16-7)6-15-20(17,18)12-4-3-9(14)5-11(12)13/h3-5,15H,6H2,1-2H3. The average Bonchev–Trinajstić information content (AvgIpc) is 2.66. The number of aromatic nitrogens is 1. The summed E-state index contributed by atoms with van der Waals surface area (Å²) in [5.41, 5.74) is 1.31. The summed E-state index contributed by atoms with van der Waals surface area (Å²) >= 11 is 3.04. The summed E-state index contributed by atoms with van der Waals surface area (Å²) < 4.78 is 44.9. The van der Waals surface area contributed by atoms with Gasteiger partial charge in [-0.1, -0.05) is 5.16 Å². The maximum atomic E-state index is 13.0. The number of hydrogen-bond donors (Lipinski definition) is 1. The van der Waals surface area contributed by atoms with Crippen molar-refractivity contribution >= 4 is 26.0 Å². The maximum Gasteiger partial charge on any atom is 0.241 e. The first-order valence-corrected chi connectivity index (χ1v) is 7.95. The van der Waals surface area contributed by atoms with Crippen LogP contribution in [0.25, 0.3) is 0 Å². The molecule has 0 radical (unpaired) electrons. The van der Waals surface area contributed by atoms with Crippen molar-refractivity contribution in [3.8, 4) is 0 Å². The van der Waals surface area contributed by atoms with Crippen LogP contribution in [0.15, 0.2) is 32.1 Å². The molecule has 0 saturated heterocycles. The van der Waals surface area contributed by atoms with E-state index in [0.29, 0.717) is 17.0 Å². The number of aryl methyl sites for hydroxylation is 2. The molecule has 0 amide bonds. The number of halogens is 2. The highest BCUT2D eigenvalue weighted by atomic mass is 79.9. The van der Waals surface area contributed by atoms with Crippen molar-refractivity contribution < 1.29 is 17.3 Å². The van der Waals surface area contributed by atoms with Crippen molar-refractivity contribution in [2.24, 2.45) is 0 Å². The number of benzene rings is 1. The molecule has 0 unspecified atom stereocenters. The SMILES string of the molecule is Cc1noc(C)c1CNS(=O)(=O)c1ccc(F)cc1Br. The van der Waals surface area contributed by atoms with Gasteiger partial charge in [-0.05, 0) is 48.0 Å². The van der Waals surface area contributed by atoms with Crippen LogP contribution >= 0.6 is 15.9 Å². The number of nitrogens with zero attached hydrogens (tertiary/aromatic N) is 1. The van der Waals surface area contributed by atoms with Gasteiger partial charge in [0.15, 0.2) is 0 Å². The summed E-state index contributed by atoms with van der Waals surface area (Å²) in [7, 11) is -3.75. The van der Waals surface area contributed by atoms with Gasteiger partial charge in [0.05, 0.1) is 10.6 Å². The largest absolute Gasteiger partial charge is 0.361 e. The fourth-order valence-corrected chi connectivity index (χ4v) is 3.74. The normalized spacial score (nSPS) is 11.8. The molecule has 5 nitrogen and oxygen atoms in total. The summed E-state index contributed by atoms with van der Waals surface area (Å²) in [6.07, 6.45) is 0. The third-order valence-electron chi connectivity index (χ3n) is 2.80. The van der Waals surface area contributed by atoms with E-state index in [-0.39, 0.29) is 15.9 Å². The van der Waals surface area contributed by atoms with Crippen LogP contribution in [0.1, 0.15) is 17.0 Å².